The van der Waals surface area contributed by atoms with E-state index in [9.17, 15) is 9.18 Å². The highest BCUT2D eigenvalue weighted by Gasteiger charge is 2.27. The van der Waals surface area contributed by atoms with Gasteiger partial charge in [-0.15, -0.1) is 0 Å². The molecule has 6 nitrogen and oxygen atoms in total. The first kappa shape index (κ1) is 17.2. The number of nitrogens with zero attached hydrogens (tertiary/aromatic N) is 3. The lowest BCUT2D eigenvalue weighted by atomic mass is 10.0. The van der Waals surface area contributed by atoms with Crippen LogP contribution in [-0.2, 0) is 11.3 Å². The molecule has 3 heterocycles. The molecule has 0 spiro atoms. The number of hydrogen-bond donors (Lipinski definition) is 1. The van der Waals surface area contributed by atoms with E-state index in [4.69, 9.17) is 9.72 Å². The van der Waals surface area contributed by atoms with Gasteiger partial charge >= 0.3 is 0 Å². The first-order valence-corrected chi connectivity index (χ1v) is 9.09. The third-order valence-electron chi connectivity index (χ3n) is 5.10. The molecule has 7 heteroatoms. The van der Waals surface area contributed by atoms with Crippen LogP contribution in [0.4, 0.5) is 10.3 Å². The highest BCUT2D eigenvalue weighted by molar-refractivity contribution is 5.32. The van der Waals surface area contributed by atoms with E-state index < -0.39 is 0 Å². The molecular formula is C19H23FN4O2. The van der Waals surface area contributed by atoms with Crippen molar-refractivity contribution in [3.63, 3.8) is 0 Å². The fourth-order valence-electron chi connectivity index (χ4n) is 3.68. The summed E-state index contributed by atoms with van der Waals surface area (Å²) in [5.41, 5.74) is 1.41. The highest BCUT2D eigenvalue weighted by atomic mass is 19.1. The van der Waals surface area contributed by atoms with Crippen molar-refractivity contribution in [3.8, 4) is 0 Å². The summed E-state index contributed by atoms with van der Waals surface area (Å²) in [6, 6.07) is 8.49. The summed E-state index contributed by atoms with van der Waals surface area (Å²) in [5.74, 6) is 0.659. The third kappa shape index (κ3) is 3.78. The molecule has 2 saturated heterocycles. The van der Waals surface area contributed by atoms with Gasteiger partial charge in [0, 0.05) is 43.7 Å². The van der Waals surface area contributed by atoms with Gasteiger partial charge in [0.05, 0.1) is 18.9 Å². The second kappa shape index (κ2) is 7.55. The number of rotatable bonds is 4. The number of hydrogen-bond acceptors (Lipinski definition) is 5. The van der Waals surface area contributed by atoms with Gasteiger partial charge < -0.3 is 9.64 Å². The molecule has 0 saturated carbocycles. The number of aromatic nitrogens is 2. The number of halogens is 1. The maximum Gasteiger partial charge on any atom is 0.252 e. The van der Waals surface area contributed by atoms with Crippen LogP contribution < -0.4 is 10.5 Å². The topological polar surface area (TPSA) is 61.5 Å². The smallest absolute Gasteiger partial charge is 0.252 e. The Bertz CT molecular complexity index is 819. The lowest BCUT2D eigenvalue weighted by molar-refractivity contribution is 0.122. The van der Waals surface area contributed by atoms with E-state index >= 15 is 0 Å². The Morgan fingerprint density at radius 1 is 1.23 bits per heavy atom. The molecule has 2 aromatic rings. The predicted octanol–water partition coefficient (Wildman–Crippen LogP) is 1.74. The molecule has 1 unspecified atom stereocenters. The fraction of sp³-hybridized carbons (Fsp3) is 0.474. The molecule has 2 aliphatic heterocycles. The van der Waals surface area contributed by atoms with Crippen molar-refractivity contribution in [2.45, 2.75) is 18.9 Å². The van der Waals surface area contributed by atoms with Crippen molar-refractivity contribution >= 4 is 5.95 Å². The van der Waals surface area contributed by atoms with E-state index in [0.29, 0.717) is 31.3 Å². The number of H-pyrrole nitrogens is 1. The second-order valence-electron chi connectivity index (χ2n) is 6.91. The first-order chi connectivity index (χ1) is 12.7. The van der Waals surface area contributed by atoms with Gasteiger partial charge in [-0.25, -0.2) is 9.37 Å². The van der Waals surface area contributed by atoms with Gasteiger partial charge in [0.2, 0.25) is 5.95 Å². The minimum absolute atomic E-state index is 0.121. The molecule has 1 aromatic heterocycles. The van der Waals surface area contributed by atoms with E-state index in [1.54, 1.807) is 12.1 Å². The first-order valence-electron chi connectivity index (χ1n) is 9.09. The zero-order chi connectivity index (χ0) is 17.9. The molecular weight excluding hydrogens is 335 g/mol. The lowest BCUT2D eigenvalue weighted by Crippen LogP contribution is -2.38. The van der Waals surface area contributed by atoms with Crippen LogP contribution in [0.25, 0.3) is 0 Å². The number of morpholine rings is 1. The SMILES string of the molecule is O=c1cc(C2CCN(Cc3ccccc3F)C2)nc(N2CCOCC2)[nH]1. The molecule has 2 fully saturated rings. The fourth-order valence-corrected chi connectivity index (χ4v) is 3.68. The highest BCUT2D eigenvalue weighted by Crippen LogP contribution is 2.27. The molecule has 4 rings (SSSR count). The van der Waals surface area contributed by atoms with Gasteiger partial charge in [-0.1, -0.05) is 18.2 Å². The summed E-state index contributed by atoms with van der Waals surface area (Å²) in [6.07, 6.45) is 0.924. The summed E-state index contributed by atoms with van der Waals surface area (Å²) in [4.78, 5) is 23.9. The molecule has 0 amide bonds. The van der Waals surface area contributed by atoms with Crippen LogP contribution in [0.1, 0.15) is 23.6 Å². The zero-order valence-corrected chi connectivity index (χ0v) is 14.7. The van der Waals surface area contributed by atoms with Crippen LogP contribution in [0.2, 0.25) is 0 Å². The number of benzene rings is 1. The van der Waals surface area contributed by atoms with Crippen molar-refractivity contribution in [1.29, 1.82) is 0 Å². The molecule has 1 aromatic carbocycles. The Kier molecular flexibility index (Phi) is 4.99. The van der Waals surface area contributed by atoms with E-state index in [1.807, 2.05) is 12.1 Å². The van der Waals surface area contributed by atoms with Crippen LogP contribution in [0.15, 0.2) is 35.1 Å². The summed E-state index contributed by atoms with van der Waals surface area (Å²) < 4.78 is 19.2. The Labute approximate surface area is 151 Å². The standard InChI is InChI=1S/C19H23FN4O2/c20-16-4-2-1-3-14(16)12-23-6-5-15(13-23)17-11-18(25)22-19(21-17)24-7-9-26-10-8-24/h1-4,11,15H,5-10,12-13H2,(H,21,22,25). The van der Waals surface area contributed by atoms with Crippen molar-refractivity contribution in [3.05, 3.63) is 57.8 Å². The molecule has 1 atom stereocenters. The number of aromatic amines is 1. The van der Waals surface area contributed by atoms with Crippen molar-refractivity contribution in [2.75, 3.05) is 44.3 Å². The summed E-state index contributed by atoms with van der Waals surface area (Å²) in [5, 5.41) is 0. The molecule has 1 N–H and O–H groups in total. The maximum absolute atomic E-state index is 13.9. The quantitative estimate of drug-likeness (QED) is 0.902. The lowest BCUT2D eigenvalue weighted by Gasteiger charge is -2.27. The molecule has 26 heavy (non-hydrogen) atoms. The van der Waals surface area contributed by atoms with Crippen LogP contribution in [0.3, 0.4) is 0 Å². The largest absolute Gasteiger partial charge is 0.378 e. The predicted molar refractivity (Wildman–Crippen MR) is 96.9 cm³/mol. The Morgan fingerprint density at radius 3 is 2.85 bits per heavy atom. The Balaban J connectivity index is 1.47. The van der Waals surface area contributed by atoms with Crippen LogP contribution in [0.5, 0.6) is 0 Å². The monoisotopic (exact) mass is 358 g/mol. The number of likely N-dealkylation sites (tertiary alicyclic amines) is 1. The normalized spacial score (nSPS) is 21.3. The van der Waals surface area contributed by atoms with E-state index in [-0.39, 0.29) is 17.3 Å². The maximum atomic E-state index is 13.9. The van der Waals surface area contributed by atoms with Crippen molar-refractivity contribution < 1.29 is 9.13 Å². The van der Waals surface area contributed by atoms with E-state index in [2.05, 4.69) is 14.8 Å². The van der Waals surface area contributed by atoms with E-state index in [1.165, 1.54) is 6.07 Å². The van der Waals surface area contributed by atoms with Crippen LogP contribution in [0, 0.1) is 5.82 Å². The number of anilines is 1. The van der Waals surface area contributed by atoms with Crippen molar-refractivity contribution in [2.24, 2.45) is 0 Å². The Hall–Kier alpha value is -2.25. The van der Waals surface area contributed by atoms with Gasteiger partial charge in [-0.05, 0) is 19.0 Å². The number of ether oxygens (including phenoxy) is 1. The zero-order valence-electron chi connectivity index (χ0n) is 14.7. The van der Waals surface area contributed by atoms with Crippen molar-refractivity contribution in [1.82, 2.24) is 14.9 Å². The molecule has 0 bridgehead atoms. The third-order valence-corrected chi connectivity index (χ3v) is 5.10. The number of nitrogens with one attached hydrogen (secondary N) is 1. The average molecular weight is 358 g/mol. The molecule has 0 aliphatic carbocycles. The molecule has 0 radical (unpaired) electrons. The van der Waals surface area contributed by atoms with Gasteiger partial charge in [0.25, 0.3) is 5.56 Å². The second-order valence-corrected chi connectivity index (χ2v) is 6.91. The van der Waals surface area contributed by atoms with Gasteiger partial charge in [-0.2, -0.15) is 0 Å². The molecule has 138 valence electrons. The van der Waals surface area contributed by atoms with Crippen LogP contribution >= 0.6 is 0 Å². The van der Waals surface area contributed by atoms with E-state index in [0.717, 1.165) is 38.3 Å². The minimum Gasteiger partial charge on any atom is -0.378 e. The summed E-state index contributed by atoms with van der Waals surface area (Å²) >= 11 is 0. The molecule has 2 aliphatic rings. The Morgan fingerprint density at radius 2 is 2.04 bits per heavy atom. The van der Waals surface area contributed by atoms with Gasteiger partial charge in [0.15, 0.2) is 0 Å². The van der Waals surface area contributed by atoms with Crippen LogP contribution in [-0.4, -0.2) is 54.3 Å². The van der Waals surface area contributed by atoms with Gasteiger partial charge in [0.1, 0.15) is 5.82 Å². The average Bonchev–Trinajstić information content (AvgIpc) is 3.13. The summed E-state index contributed by atoms with van der Waals surface area (Å²) in [6.45, 7) is 5.00. The minimum atomic E-state index is -0.167. The van der Waals surface area contributed by atoms with Gasteiger partial charge in [-0.3, -0.25) is 14.7 Å². The summed E-state index contributed by atoms with van der Waals surface area (Å²) in [7, 11) is 0.